The number of ether oxygens (including phenoxy) is 4. The van der Waals surface area contributed by atoms with Crippen molar-refractivity contribution in [1.82, 2.24) is 0 Å². The third kappa shape index (κ3) is 5.57. The highest BCUT2D eigenvalue weighted by atomic mass is 32.2. The number of non-ortho nitro benzene ring substituents is 1. The first kappa shape index (κ1) is 26.5. The van der Waals surface area contributed by atoms with Crippen LogP contribution in [0.2, 0.25) is 0 Å². The summed E-state index contributed by atoms with van der Waals surface area (Å²) < 4.78 is 62.4. The minimum Gasteiger partial charge on any atom is -0.494 e. The molecule has 0 radical (unpaired) electrons. The van der Waals surface area contributed by atoms with Crippen molar-refractivity contribution in [2.75, 3.05) is 28.4 Å². The predicted octanol–water partition coefficient (Wildman–Crippen LogP) is 4.91. The van der Waals surface area contributed by atoms with Crippen LogP contribution in [0.25, 0.3) is 12.2 Å². The third-order valence-corrected chi connectivity index (χ3v) is 7.01. The Hall–Kier alpha value is -4.12. The van der Waals surface area contributed by atoms with Crippen LogP contribution >= 0.6 is 0 Å². The van der Waals surface area contributed by atoms with E-state index in [2.05, 4.69) is 0 Å². The summed E-state index contributed by atoms with van der Waals surface area (Å²) in [6.07, 6.45) is 3.21. The van der Waals surface area contributed by atoms with E-state index >= 15 is 4.39 Å². The molecule has 3 aromatic carbocycles. The van der Waals surface area contributed by atoms with E-state index in [4.69, 9.17) is 18.9 Å². The number of nitro benzene ring substituents is 1. The summed E-state index contributed by atoms with van der Waals surface area (Å²) in [5.41, 5.74) is 0.560. The van der Waals surface area contributed by atoms with Crippen LogP contribution in [0.15, 0.2) is 53.4 Å². The zero-order chi connectivity index (χ0) is 26.5. The number of rotatable bonds is 10. The minimum absolute atomic E-state index is 0.114. The average Bonchev–Trinajstić information content (AvgIpc) is 2.88. The molecule has 11 heteroatoms. The fourth-order valence-electron chi connectivity index (χ4n) is 3.51. The normalized spacial score (nSPS) is 11.4. The van der Waals surface area contributed by atoms with Gasteiger partial charge in [0.25, 0.3) is 5.69 Å². The van der Waals surface area contributed by atoms with E-state index in [9.17, 15) is 18.5 Å². The monoisotopic (exact) mass is 517 g/mol. The molecule has 0 aliphatic heterocycles. The van der Waals surface area contributed by atoms with Gasteiger partial charge < -0.3 is 18.9 Å². The maximum absolute atomic E-state index is 15.2. The number of methoxy groups -OCH3 is 4. The van der Waals surface area contributed by atoms with E-state index in [1.807, 2.05) is 0 Å². The molecule has 0 aliphatic carbocycles. The fraction of sp³-hybridized carbons (Fsp3) is 0.200. The van der Waals surface area contributed by atoms with Gasteiger partial charge in [0.15, 0.2) is 32.9 Å². The summed E-state index contributed by atoms with van der Waals surface area (Å²) in [5.74, 6) is -0.397. The van der Waals surface area contributed by atoms with Crippen molar-refractivity contribution < 1.29 is 36.7 Å². The van der Waals surface area contributed by atoms with Crippen molar-refractivity contribution >= 4 is 27.7 Å². The SMILES string of the molecule is COc1ccc(/C=C\c2cc(OC)c(OC)c(OC)c2)c(CS(=O)(=O)c2ccc([N+](=O)[O-])cc2)c1F. The predicted molar refractivity (Wildman–Crippen MR) is 132 cm³/mol. The molecule has 0 aromatic heterocycles. The summed E-state index contributed by atoms with van der Waals surface area (Å²) in [6, 6.07) is 10.7. The van der Waals surface area contributed by atoms with E-state index in [1.54, 1.807) is 24.3 Å². The van der Waals surface area contributed by atoms with Crippen LogP contribution in [-0.4, -0.2) is 41.8 Å². The van der Waals surface area contributed by atoms with Crippen molar-refractivity contribution in [1.29, 1.82) is 0 Å². The van der Waals surface area contributed by atoms with Crippen molar-refractivity contribution in [2.45, 2.75) is 10.6 Å². The number of nitrogens with zero attached hydrogens (tertiary/aromatic N) is 1. The largest absolute Gasteiger partial charge is 0.494 e. The topological polar surface area (TPSA) is 114 Å². The zero-order valence-electron chi connectivity index (χ0n) is 20.0. The standard InChI is InChI=1S/C25H24FNO8S/c1-32-21-12-7-17(6-5-16-13-22(33-2)25(35-4)23(14-16)34-3)20(24(21)26)15-36(30,31)19-10-8-18(9-11-19)27(28)29/h5-14H,15H2,1-4H3/b6-5-. The second-order valence-corrected chi connectivity index (χ2v) is 9.44. The second-order valence-electron chi connectivity index (χ2n) is 7.45. The highest BCUT2D eigenvalue weighted by Crippen LogP contribution is 2.39. The number of hydrogen-bond acceptors (Lipinski definition) is 8. The maximum atomic E-state index is 15.2. The van der Waals surface area contributed by atoms with Crippen LogP contribution in [0.5, 0.6) is 23.0 Å². The van der Waals surface area contributed by atoms with Gasteiger partial charge in [0.2, 0.25) is 5.75 Å². The quantitative estimate of drug-likeness (QED) is 0.212. The Labute approximate surface area is 207 Å². The van der Waals surface area contributed by atoms with Gasteiger partial charge in [-0.25, -0.2) is 12.8 Å². The molecule has 0 saturated heterocycles. The Morgan fingerprint density at radius 3 is 1.94 bits per heavy atom. The third-order valence-electron chi connectivity index (χ3n) is 5.35. The average molecular weight is 518 g/mol. The lowest BCUT2D eigenvalue weighted by molar-refractivity contribution is -0.384. The highest BCUT2D eigenvalue weighted by molar-refractivity contribution is 7.90. The van der Waals surface area contributed by atoms with Crippen LogP contribution in [-0.2, 0) is 15.6 Å². The molecule has 0 bridgehead atoms. The van der Waals surface area contributed by atoms with Gasteiger partial charge in [0.1, 0.15) is 0 Å². The van der Waals surface area contributed by atoms with Crippen LogP contribution in [0, 0.1) is 15.9 Å². The Morgan fingerprint density at radius 1 is 0.861 bits per heavy atom. The number of hydrogen-bond donors (Lipinski definition) is 0. The molecular weight excluding hydrogens is 493 g/mol. The first-order valence-corrected chi connectivity index (χ1v) is 12.1. The van der Waals surface area contributed by atoms with Crippen molar-refractivity contribution in [3.8, 4) is 23.0 Å². The summed E-state index contributed by atoms with van der Waals surface area (Å²) in [5, 5.41) is 10.9. The van der Waals surface area contributed by atoms with Crippen molar-refractivity contribution in [3.63, 3.8) is 0 Å². The van der Waals surface area contributed by atoms with E-state index in [0.29, 0.717) is 28.4 Å². The number of nitro groups is 1. The molecule has 0 saturated carbocycles. The molecule has 0 N–H and O–H groups in total. The number of sulfone groups is 1. The lowest BCUT2D eigenvalue weighted by atomic mass is 10.1. The molecule has 0 atom stereocenters. The molecule has 0 unspecified atom stereocenters. The molecular formula is C25H24FNO8S. The maximum Gasteiger partial charge on any atom is 0.269 e. The minimum atomic E-state index is -4.05. The second kappa shape index (κ2) is 11.1. The lowest BCUT2D eigenvalue weighted by Crippen LogP contribution is -2.09. The Kier molecular flexibility index (Phi) is 8.15. The van der Waals surface area contributed by atoms with Gasteiger partial charge in [0.05, 0.1) is 44.0 Å². The summed E-state index contributed by atoms with van der Waals surface area (Å²) >= 11 is 0. The molecule has 0 fully saturated rings. The van der Waals surface area contributed by atoms with E-state index in [-0.39, 0.29) is 21.9 Å². The fourth-order valence-corrected chi connectivity index (χ4v) is 4.90. The van der Waals surface area contributed by atoms with E-state index in [1.165, 1.54) is 40.6 Å². The molecule has 36 heavy (non-hydrogen) atoms. The van der Waals surface area contributed by atoms with E-state index in [0.717, 1.165) is 24.3 Å². The Morgan fingerprint density at radius 2 is 1.44 bits per heavy atom. The van der Waals surface area contributed by atoms with E-state index < -0.39 is 26.3 Å². The van der Waals surface area contributed by atoms with Crippen LogP contribution in [0.3, 0.4) is 0 Å². The van der Waals surface area contributed by atoms with Crippen molar-refractivity contribution in [2.24, 2.45) is 0 Å². The number of benzene rings is 3. The molecule has 3 rings (SSSR count). The van der Waals surface area contributed by atoms with Gasteiger partial charge in [0, 0.05) is 17.7 Å². The summed E-state index contributed by atoms with van der Waals surface area (Å²) in [4.78, 5) is 10.1. The van der Waals surface area contributed by atoms with Crippen molar-refractivity contribution in [3.05, 3.63) is 81.2 Å². The van der Waals surface area contributed by atoms with Gasteiger partial charge in [-0.1, -0.05) is 18.2 Å². The molecule has 0 aliphatic rings. The van der Waals surface area contributed by atoms with Crippen LogP contribution in [0.4, 0.5) is 10.1 Å². The van der Waals surface area contributed by atoms with Gasteiger partial charge >= 0.3 is 0 Å². The number of halogens is 1. The molecule has 190 valence electrons. The smallest absolute Gasteiger partial charge is 0.269 e. The van der Waals surface area contributed by atoms with Gasteiger partial charge in [-0.15, -0.1) is 0 Å². The zero-order valence-corrected chi connectivity index (χ0v) is 20.8. The van der Waals surface area contributed by atoms with Crippen LogP contribution < -0.4 is 18.9 Å². The molecule has 0 heterocycles. The molecule has 3 aromatic rings. The molecule has 0 amide bonds. The Balaban J connectivity index is 2.04. The first-order chi connectivity index (χ1) is 17.1. The molecule has 9 nitrogen and oxygen atoms in total. The lowest BCUT2D eigenvalue weighted by Gasteiger charge is -2.13. The van der Waals surface area contributed by atoms with Crippen LogP contribution in [0.1, 0.15) is 16.7 Å². The van der Waals surface area contributed by atoms with Gasteiger partial charge in [-0.3, -0.25) is 10.1 Å². The summed E-state index contributed by atoms with van der Waals surface area (Å²) in [6.45, 7) is 0. The summed E-state index contributed by atoms with van der Waals surface area (Å²) in [7, 11) is 1.66. The van der Waals surface area contributed by atoms with Gasteiger partial charge in [-0.05, 0) is 41.5 Å². The molecule has 0 spiro atoms. The first-order valence-electron chi connectivity index (χ1n) is 10.5. The van der Waals surface area contributed by atoms with Gasteiger partial charge in [-0.2, -0.15) is 0 Å². The Bertz CT molecular complexity index is 1380. The highest BCUT2D eigenvalue weighted by Gasteiger charge is 2.23.